The van der Waals surface area contributed by atoms with E-state index in [9.17, 15) is 4.79 Å². The third-order valence-electron chi connectivity index (χ3n) is 3.46. The Morgan fingerprint density at radius 3 is 2.40 bits per heavy atom. The number of nitrogens with two attached hydrogens (primary N) is 1. The number of likely N-dealkylation sites (tertiary alicyclic amines) is 1. The van der Waals surface area contributed by atoms with Crippen LogP contribution in [-0.2, 0) is 11.3 Å². The molecule has 110 valence electrons. The first-order chi connectivity index (χ1) is 9.42. The van der Waals surface area contributed by atoms with E-state index in [1.165, 1.54) is 31.5 Å². The minimum Gasteiger partial charge on any atom is -0.326 e. The van der Waals surface area contributed by atoms with Crippen LogP contribution in [0, 0.1) is 0 Å². The molecule has 1 aliphatic rings. The zero-order chi connectivity index (χ0) is 14.6. The first kappa shape index (κ1) is 15.0. The summed E-state index contributed by atoms with van der Waals surface area (Å²) in [5.74, 6) is -0.0372. The normalized spacial score (nSPS) is 16.4. The van der Waals surface area contributed by atoms with Crippen LogP contribution in [-0.4, -0.2) is 29.4 Å². The van der Waals surface area contributed by atoms with Crippen LogP contribution < -0.4 is 11.1 Å². The average Bonchev–Trinajstić information content (AvgIpc) is 2.82. The fourth-order valence-electron chi connectivity index (χ4n) is 2.51. The van der Waals surface area contributed by atoms with Crippen molar-refractivity contribution in [2.24, 2.45) is 5.73 Å². The molecule has 1 heterocycles. The number of carbonyl (C=O) groups excluding carboxylic acids is 1. The zero-order valence-corrected chi connectivity index (χ0v) is 12.5. The minimum absolute atomic E-state index is 0.0372. The summed E-state index contributed by atoms with van der Waals surface area (Å²) >= 11 is 0. The Morgan fingerprint density at radius 2 is 1.85 bits per heavy atom. The Labute approximate surface area is 121 Å². The molecule has 1 aromatic carbocycles. The van der Waals surface area contributed by atoms with E-state index in [0.717, 1.165) is 12.2 Å². The van der Waals surface area contributed by atoms with Crippen LogP contribution in [0.1, 0.15) is 38.7 Å². The molecule has 1 aliphatic heterocycles. The van der Waals surface area contributed by atoms with E-state index in [0.29, 0.717) is 6.42 Å². The third-order valence-corrected chi connectivity index (χ3v) is 3.46. The van der Waals surface area contributed by atoms with Crippen LogP contribution in [0.4, 0.5) is 5.69 Å². The van der Waals surface area contributed by atoms with Gasteiger partial charge in [0.25, 0.3) is 0 Å². The molecule has 0 radical (unpaired) electrons. The van der Waals surface area contributed by atoms with Crippen LogP contribution in [0.5, 0.6) is 0 Å². The maximum atomic E-state index is 11.8. The van der Waals surface area contributed by atoms with Gasteiger partial charge in [0.2, 0.25) is 5.91 Å². The highest BCUT2D eigenvalue weighted by atomic mass is 16.1. The summed E-state index contributed by atoms with van der Waals surface area (Å²) in [4.78, 5) is 14.3. The molecule has 0 spiro atoms. The highest BCUT2D eigenvalue weighted by Gasteiger charge is 2.16. The van der Waals surface area contributed by atoms with Gasteiger partial charge in [0.15, 0.2) is 0 Å². The molecule has 0 aromatic heterocycles. The van der Waals surface area contributed by atoms with E-state index in [2.05, 4.69) is 22.3 Å². The second-order valence-corrected chi connectivity index (χ2v) is 6.39. The van der Waals surface area contributed by atoms with Gasteiger partial charge >= 0.3 is 0 Å². The number of rotatable bonds is 5. The van der Waals surface area contributed by atoms with Crippen LogP contribution in [0.2, 0.25) is 0 Å². The van der Waals surface area contributed by atoms with Crippen LogP contribution in [0.15, 0.2) is 24.3 Å². The number of hydrogen-bond acceptors (Lipinski definition) is 3. The van der Waals surface area contributed by atoms with E-state index in [1.807, 2.05) is 26.0 Å². The van der Waals surface area contributed by atoms with Crippen molar-refractivity contribution in [2.75, 3.05) is 18.4 Å². The number of hydrogen-bond donors (Lipinski definition) is 2. The van der Waals surface area contributed by atoms with Crippen molar-refractivity contribution >= 4 is 11.6 Å². The lowest BCUT2D eigenvalue weighted by Crippen LogP contribution is -2.36. The Morgan fingerprint density at radius 1 is 1.25 bits per heavy atom. The van der Waals surface area contributed by atoms with Gasteiger partial charge in [0, 0.05) is 24.2 Å². The highest BCUT2D eigenvalue weighted by molar-refractivity contribution is 5.91. The van der Waals surface area contributed by atoms with Gasteiger partial charge in [0.1, 0.15) is 0 Å². The maximum absolute atomic E-state index is 11.8. The molecule has 20 heavy (non-hydrogen) atoms. The molecule has 1 aromatic rings. The standard InChI is InChI=1S/C16H25N3O/c1-16(2,17)11-15(20)18-14-7-5-13(6-8-14)12-19-9-3-4-10-19/h5-8H,3-4,9-12,17H2,1-2H3,(H,18,20). The Bertz CT molecular complexity index is 442. The largest absolute Gasteiger partial charge is 0.326 e. The van der Waals surface area contributed by atoms with Crippen LogP contribution >= 0.6 is 0 Å². The topological polar surface area (TPSA) is 58.4 Å². The number of amides is 1. The Kier molecular flexibility index (Phi) is 4.78. The van der Waals surface area contributed by atoms with Crippen LogP contribution in [0.3, 0.4) is 0 Å². The summed E-state index contributed by atoms with van der Waals surface area (Å²) in [7, 11) is 0. The van der Waals surface area contributed by atoms with E-state index in [-0.39, 0.29) is 5.91 Å². The van der Waals surface area contributed by atoms with E-state index < -0.39 is 5.54 Å². The molecule has 1 amide bonds. The Balaban J connectivity index is 1.86. The van der Waals surface area contributed by atoms with Gasteiger partial charge in [-0.2, -0.15) is 0 Å². The number of nitrogens with one attached hydrogen (secondary N) is 1. The summed E-state index contributed by atoms with van der Waals surface area (Å²) < 4.78 is 0. The van der Waals surface area contributed by atoms with E-state index >= 15 is 0 Å². The number of benzene rings is 1. The van der Waals surface area contributed by atoms with E-state index in [1.54, 1.807) is 0 Å². The van der Waals surface area contributed by atoms with Crippen LogP contribution in [0.25, 0.3) is 0 Å². The molecule has 0 bridgehead atoms. The lowest BCUT2D eigenvalue weighted by Gasteiger charge is -2.18. The molecule has 2 rings (SSSR count). The number of nitrogens with zero attached hydrogens (tertiary/aromatic N) is 1. The average molecular weight is 275 g/mol. The lowest BCUT2D eigenvalue weighted by atomic mass is 10.0. The van der Waals surface area contributed by atoms with Gasteiger partial charge in [-0.25, -0.2) is 0 Å². The van der Waals surface area contributed by atoms with Crippen molar-refractivity contribution in [3.63, 3.8) is 0 Å². The quantitative estimate of drug-likeness (QED) is 0.867. The van der Waals surface area contributed by atoms with Crippen molar-refractivity contribution in [1.29, 1.82) is 0 Å². The summed E-state index contributed by atoms with van der Waals surface area (Å²) in [6, 6.07) is 8.10. The molecule has 4 nitrogen and oxygen atoms in total. The predicted octanol–water partition coefficient (Wildman–Crippen LogP) is 2.35. The van der Waals surface area contributed by atoms with Crippen molar-refractivity contribution in [1.82, 2.24) is 4.90 Å². The zero-order valence-electron chi connectivity index (χ0n) is 12.5. The van der Waals surface area contributed by atoms with Gasteiger partial charge in [-0.1, -0.05) is 12.1 Å². The monoisotopic (exact) mass is 275 g/mol. The highest BCUT2D eigenvalue weighted by Crippen LogP contribution is 2.16. The van der Waals surface area contributed by atoms with Crippen molar-refractivity contribution in [3.05, 3.63) is 29.8 Å². The number of carbonyl (C=O) groups is 1. The number of anilines is 1. The molecular formula is C16H25N3O. The van der Waals surface area contributed by atoms with E-state index in [4.69, 9.17) is 5.73 Å². The summed E-state index contributed by atoms with van der Waals surface area (Å²) in [6.45, 7) is 7.11. The van der Waals surface area contributed by atoms with Gasteiger partial charge in [-0.05, 0) is 57.5 Å². The second kappa shape index (κ2) is 6.37. The molecule has 4 heteroatoms. The first-order valence-electron chi connectivity index (χ1n) is 7.32. The van der Waals surface area contributed by atoms with Crippen molar-refractivity contribution < 1.29 is 4.79 Å². The van der Waals surface area contributed by atoms with Gasteiger partial charge in [0.05, 0.1) is 0 Å². The Hall–Kier alpha value is -1.39. The summed E-state index contributed by atoms with van der Waals surface area (Å²) in [5, 5.41) is 2.89. The smallest absolute Gasteiger partial charge is 0.226 e. The van der Waals surface area contributed by atoms with Crippen molar-refractivity contribution in [3.8, 4) is 0 Å². The molecule has 0 saturated carbocycles. The molecule has 1 saturated heterocycles. The first-order valence-corrected chi connectivity index (χ1v) is 7.32. The lowest BCUT2D eigenvalue weighted by molar-refractivity contribution is -0.117. The molecule has 3 N–H and O–H groups in total. The van der Waals surface area contributed by atoms with Gasteiger partial charge < -0.3 is 11.1 Å². The second-order valence-electron chi connectivity index (χ2n) is 6.39. The van der Waals surface area contributed by atoms with Gasteiger partial charge in [-0.3, -0.25) is 9.69 Å². The molecule has 1 fully saturated rings. The molecular weight excluding hydrogens is 250 g/mol. The fraction of sp³-hybridized carbons (Fsp3) is 0.562. The predicted molar refractivity (Wildman–Crippen MR) is 82.5 cm³/mol. The summed E-state index contributed by atoms with van der Waals surface area (Å²) in [5.41, 5.74) is 7.50. The molecule has 0 unspecified atom stereocenters. The summed E-state index contributed by atoms with van der Waals surface area (Å²) in [6.07, 6.45) is 2.94. The SMILES string of the molecule is CC(C)(N)CC(=O)Nc1ccc(CN2CCCC2)cc1. The van der Waals surface area contributed by atoms with Crippen molar-refractivity contribution in [2.45, 2.75) is 45.2 Å². The minimum atomic E-state index is -0.472. The maximum Gasteiger partial charge on any atom is 0.226 e. The molecule has 0 aliphatic carbocycles. The molecule has 0 atom stereocenters. The van der Waals surface area contributed by atoms with Gasteiger partial charge in [-0.15, -0.1) is 0 Å². The third kappa shape index (κ3) is 4.94. The fourth-order valence-corrected chi connectivity index (χ4v) is 2.51.